The van der Waals surface area contributed by atoms with Crippen LogP contribution in [0.1, 0.15) is 31.0 Å². The number of hydrogen-bond donors (Lipinski definition) is 0. The molecular weight excluding hydrogens is 318 g/mol. The standard InChI is InChI=1S/C14H19N5O3S/c1-10-16-13(17-22-10)14-5-3-4-11(14)6-19(8-14)23(20,21)12-7-18(2)9-15-12/h7,9,11H,3-6,8H2,1-2H3/t11-,14-/m1/s1. The third-order valence-electron chi connectivity index (χ3n) is 5.10. The first-order valence-corrected chi connectivity index (χ1v) is 9.15. The highest BCUT2D eigenvalue weighted by atomic mass is 32.2. The van der Waals surface area contributed by atoms with Gasteiger partial charge in [0.2, 0.25) is 5.89 Å². The number of fused-ring (bicyclic) bond motifs is 1. The number of rotatable bonds is 3. The van der Waals surface area contributed by atoms with Gasteiger partial charge in [0.05, 0.1) is 11.7 Å². The molecule has 0 unspecified atom stereocenters. The zero-order valence-electron chi connectivity index (χ0n) is 13.1. The van der Waals surface area contributed by atoms with E-state index in [1.54, 1.807) is 18.5 Å². The van der Waals surface area contributed by atoms with Crippen LogP contribution in [0.3, 0.4) is 0 Å². The van der Waals surface area contributed by atoms with E-state index in [0.29, 0.717) is 24.8 Å². The Hall–Kier alpha value is -1.74. The van der Waals surface area contributed by atoms with Gasteiger partial charge in [0.1, 0.15) is 0 Å². The molecule has 8 nitrogen and oxygen atoms in total. The predicted molar refractivity (Wildman–Crippen MR) is 80.0 cm³/mol. The molecule has 0 bridgehead atoms. The van der Waals surface area contributed by atoms with E-state index < -0.39 is 10.0 Å². The van der Waals surface area contributed by atoms with Crippen LogP contribution in [0.2, 0.25) is 0 Å². The van der Waals surface area contributed by atoms with E-state index in [9.17, 15) is 8.42 Å². The van der Waals surface area contributed by atoms with Gasteiger partial charge in [0, 0.05) is 33.3 Å². The molecule has 0 N–H and O–H groups in total. The molecule has 2 fully saturated rings. The van der Waals surface area contributed by atoms with Crippen molar-refractivity contribution >= 4 is 10.0 Å². The second-order valence-electron chi connectivity index (χ2n) is 6.56. The molecular formula is C14H19N5O3S. The van der Waals surface area contributed by atoms with Crippen molar-refractivity contribution in [3.8, 4) is 0 Å². The fraction of sp³-hybridized carbons (Fsp3) is 0.643. The highest BCUT2D eigenvalue weighted by molar-refractivity contribution is 7.89. The second-order valence-corrected chi connectivity index (χ2v) is 8.44. The lowest BCUT2D eigenvalue weighted by molar-refractivity contribution is 0.332. The van der Waals surface area contributed by atoms with E-state index >= 15 is 0 Å². The van der Waals surface area contributed by atoms with E-state index in [1.807, 2.05) is 0 Å². The molecule has 0 radical (unpaired) electrons. The second kappa shape index (κ2) is 4.88. The number of aromatic nitrogens is 4. The smallest absolute Gasteiger partial charge is 0.262 e. The Kier molecular flexibility index (Phi) is 3.14. The summed E-state index contributed by atoms with van der Waals surface area (Å²) < 4.78 is 34.0. The molecule has 4 rings (SSSR count). The third-order valence-corrected chi connectivity index (χ3v) is 6.80. The molecule has 3 heterocycles. The molecule has 0 amide bonds. The lowest BCUT2D eigenvalue weighted by Gasteiger charge is -2.24. The van der Waals surface area contributed by atoms with Crippen LogP contribution in [0, 0.1) is 12.8 Å². The van der Waals surface area contributed by atoms with Crippen LogP contribution in [0.15, 0.2) is 22.1 Å². The molecule has 23 heavy (non-hydrogen) atoms. The molecule has 2 aromatic rings. The van der Waals surface area contributed by atoms with E-state index in [1.165, 1.54) is 16.8 Å². The summed E-state index contributed by atoms with van der Waals surface area (Å²) in [4.78, 5) is 8.41. The molecule has 1 aliphatic heterocycles. The van der Waals surface area contributed by atoms with Gasteiger partial charge in [0.25, 0.3) is 10.0 Å². The van der Waals surface area contributed by atoms with Crippen LogP contribution in [0.5, 0.6) is 0 Å². The van der Waals surface area contributed by atoms with Crippen molar-refractivity contribution in [2.75, 3.05) is 13.1 Å². The fourth-order valence-electron chi connectivity index (χ4n) is 3.95. The minimum absolute atomic E-state index is 0.0967. The molecule has 124 valence electrons. The maximum Gasteiger partial charge on any atom is 0.262 e. The highest BCUT2D eigenvalue weighted by Gasteiger charge is 2.56. The molecule has 1 aliphatic carbocycles. The summed E-state index contributed by atoms with van der Waals surface area (Å²) in [6.45, 7) is 2.65. The van der Waals surface area contributed by atoms with Crippen LogP contribution in [0.4, 0.5) is 0 Å². The third kappa shape index (κ3) is 2.13. The van der Waals surface area contributed by atoms with Gasteiger partial charge in [-0.25, -0.2) is 13.4 Å². The Balaban J connectivity index is 1.70. The van der Waals surface area contributed by atoms with E-state index in [2.05, 4.69) is 15.1 Å². The Morgan fingerprint density at radius 3 is 2.91 bits per heavy atom. The predicted octanol–water partition coefficient (Wildman–Crippen LogP) is 0.854. The normalized spacial score (nSPS) is 28.3. The Morgan fingerprint density at radius 1 is 1.43 bits per heavy atom. The number of hydrogen-bond acceptors (Lipinski definition) is 6. The summed E-state index contributed by atoms with van der Waals surface area (Å²) >= 11 is 0. The lowest BCUT2D eigenvalue weighted by atomic mass is 9.80. The van der Waals surface area contributed by atoms with Gasteiger partial charge >= 0.3 is 0 Å². The molecule has 2 aliphatic rings. The van der Waals surface area contributed by atoms with Crippen LogP contribution in [-0.2, 0) is 22.5 Å². The van der Waals surface area contributed by atoms with E-state index in [0.717, 1.165) is 19.3 Å². The summed E-state index contributed by atoms with van der Waals surface area (Å²) in [6, 6.07) is 0. The molecule has 1 saturated heterocycles. The van der Waals surface area contributed by atoms with Gasteiger partial charge in [-0.3, -0.25) is 0 Å². The van der Waals surface area contributed by atoms with Crippen molar-refractivity contribution in [1.29, 1.82) is 0 Å². The SMILES string of the molecule is Cc1nc([C@@]23CCC[C@@H]2CN(S(=O)(=O)c2cn(C)cn2)C3)no1. The number of sulfonamides is 1. The Labute approximate surface area is 134 Å². The summed E-state index contributed by atoms with van der Waals surface area (Å²) in [7, 11) is -1.83. The van der Waals surface area contributed by atoms with Gasteiger partial charge in [-0.05, 0) is 18.8 Å². The first-order chi connectivity index (χ1) is 10.9. The fourth-order valence-corrected chi connectivity index (χ4v) is 5.47. The average Bonchev–Trinajstić information content (AvgIpc) is 3.19. The summed E-state index contributed by atoms with van der Waals surface area (Å²) in [6.07, 6.45) is 5.99. The summed E-state index contributed by atoms with van der Waals surface area (Å²) in [5, 5.41) is 4.19. The van der Waals surface area contributed by atoms with Gasteiger partial charge < -0.3 is 9.09 Å². The van der Waals surface area contributed by atoms with Gasteiger partial charge in [-0.1, -0.05) is 11.6 Å². The van der Waals surface area contributed by atoms with Crippen LogP contribution in [0.25, 0.3) is 0 Å². The van der Waals surface area contributed by atoms with Crippen molar-refractivity contribution in [1.82, 2.24) is 24.0 Å². The first-order valence-electron chi connectivity index (χ1n) is 7.71. The number of imidazole rings is 1. The molecule has 2 atom stereocenters. The van der Waals surface area contributed by atoms with Crippen molar-refractivity contribution < 1.29 is 12.9 Å². The molecule has 0 aromatic carbocycles. The number of aryl methyl sites for hydroxylation is 2. The average molecular weight is 337 g/mol. The van der Waals surface area contributed by atoms with Crippen molar-refractivity contribution in [3.05, 3.63) is 24.2 Å². The van der Waals surface area contributed by atoms with Gasteiger partial charge in [-0.2, -0.15) is 9.29 Å². The molecule has 9 heteroatoms. The minimum atomic E-state index is -3.58. The van der Waals surface area contributed by atoms with Crippen molar-refractivity contribution in [3.63, 3.8) is 0 Å². The van der Waals surface area contributed by atoms with Crippen LogP contribution >= 0.6 is 0 Å². The van der Waals surface area contributed by atoms with Crippen LogP contribution < -0.4 is 0 Å². The molecule has 0 spiro atoms. The van der Waals surface area contributed by atoms with Gasteiger partial charge in [0.15, 0.2) is 10.9 Å². The largest absolute Gasteiger partial charge is 0.340 e. The van der Waals surface area contributed by atoms with Crippen molar-refractivity contribution in [2.24, 2.45) is 13.0 Å². The lowest BCUT2D eigenvalue weighted by Crippen LogP contribution is -2.35. The van der Waals surface area contributed by atoms with Crippen LogP contribution in [-0.4, -0.2) is 45.5 Å². The monoisotopic (exact) mass is 337 g/mol. The zero-order valence-corrected chi connectivity index (χ0v) is 14.0. The maximum absolute atomic E-state index is 12.8. The Morgan fingerprint density at radius 2 is 2.26 bits per heavy atom. The number of nitrogens with zero attached hydrogens (tertiary/aromatic N) is 5. The van der Waals surface area contributed by atoms with Gasteiger partial charge in [-0.15, -0.1) is 0 Å². The summed E-state index contributed by atoms with van der Waals surface area (Å²) in [5.41, 5.74) is -0.320. The molecule has 2 aromatic heterocycles. The quantitative estimate of drug-likeness (QED) is 0.824. The molecule has 1 saturated carbocycles. The Bertz CT molecular complexity index is 842. The summed E-state index contributed by atoms with van der Waals surface area (Å²) in [5.74, 6) is 1.40. The minimum Gasteiger partial charge on any atom is -0.340 e. The zero-order chi connectivity index (χ0) is 16.2. The highest BCUT2D eigenvalue weighted by Crippen LogP contribution is 2.50. The topological polar surface area (TPSA) is 94.1 Å². The van der Waals surface area contributed by atoms with E-state index in [-0.39, 0.29) is 16.4 Å². The van der Waals surface area contributed by atoms with Crippen molar-refractivity contribution in [2.45, 2.75) is 36.6 Å². The maximum atomic E-state index is 12.8. The first kappa shape index (κ1) is 14.8. The van der Waals surface area contributed by atoms with E-state index in [4.69, 9.17) is 4.52 Å².